The third kappa shape index (κ3) is 4.30. The molecule has 9 heteroatoms. The smallest absolute Gasteiger partial charge is 0.248 e. The molecule has 28 heavy (non-hydrogen) atoms. The quantitative estimate of drug-likeness (QED) is 0.754. The van der Waals surface area contributed by atoms with Crippen LogP contribution in [0.15, 0.2) is 32.2 Å². The second-order valence-electron chi connectivity index (χ2n) is 7.29. The summed E-state index contributed by atoms with van der Waals surface area (Å²) in [6, 6.07) is 3.59. The lowest BCUT2D eigenvalue weighted by molar-refractivity contribution is -0.123. The highest BCUT2D eigenvalue weighted by Crippen LogP contribution is 2.33. The van der Waals surface area contributed by atoms with E-state index in [1.807, 2.05) is 13.0 Å². The van der Waals surface area contributed by atoms with Crippen molar-refractivity contribution in [3.8, 4) is 0 Å². The summed E-state index contributed by atoms with van der Waals surface area (Å²) >= 11 is 0. The molecule has 1 fully saturated rings. The van der Waals surface area contributed by atoms with Crippen LogP contribution in [-0.2, 0) is 21.4 Å². The van der Waals surface area contributed by atoms with Crippen molar-refractivity contribution in [3.63, 3.8) is 0 Å². The SMILES string of the molecule is CCC1CN(S(=O)(=O)c2c(C)noc2C)CCC1CC(=O)NCc1ccco1. The first-order valence-electron chi connectivity index (χ1n) is 9.55. The first-order valence-corrected chi connectivity index (χ1v) is 11.0. The van der Waals surface area contributed by atoms with E-state index in [4.69, 9.17) is 8.94 Å². The molecule has 0 spiro atoms. The van der Waals surface area contributed by atoms with Crippen LogP contribution in [0.25, 0.3) is 0 Å². The van der Waals surface area contributed by atoms with Crippen LogP contribution in [0.4, 0.5) is 0 Å². The van der Waals surface area contributed by atoms with E-state index in [-0.39, 0.29) is 22.6 Å². The van der Waals surface area contributed by atoms with Crippen LogP contribution in [-0.4, -0.2) is 36.9 Å². The van der Waals surface area contributed by atoms with Crippen molar-refractivity contribution in [2.75, 3.05) is 13.1 Å². The monoisotopic (exact) mass is 409 g/mol. The number of nitrogens with zero attached hydrogens (tertiary/aromatic N) is 2. The van der Waals surface area contributed by atoms with Gasteiger partial charge in [-0.15, -0.1) is 0 Å². The molecule has 3 rings (SSSR count). The first kappa shape index (κ1) is 20.6. The fourth-order valence-electron chi connectivity index (χ4n) is 3.88. The summed E-state index contributed by atoms with van der Waals surface area (Å²) in [6.45, 7) is 6.43. The lowest BCUT2D eigenvalue weighted by Gasteiger charge is -2.37. The minimum atomic E-state index is -3.65. The van der Waals surface area contributed by atoms with Crippen molar-refractivity contribution in [2.24, 2.45) is 11.8 Å². The molecule has 0 aromatic carbocycles. The number of carbonyl (C=O) groups is 1. The minimum Gasteiger partial charge on any atom is -0.467 e. The summed E-state index contributed by atoms with van der Waals surface area (Å²) < 4.78 is 37.9. The second-order valence-corrected chi connectivity index (χ2v) is 9.17. The molecule has 2 aromatic heterocycles. The number of nitrogens with one attached hydrogen (secondary N) is 1. The molecule has 0 radical (unpaired) electrons. The van der Waals surface area contributed by atoms with Gasteiger partial charge in [-0.05, 0) is 44.2 Å². The molecule has 154 valence electrons. The summed E-state index contributed by atoms with van der Waals surface area (Å²) in [7, 11) is -3.65. The molecule has 8 nitrogen and oxygen atoms in total. The Morgan fingerprint density at radius 2 is 2.14 bits per heavy atom. The molecule has 0 saturated carbocycles. The van der Waals surface area contributed by atoms with E-state index >= 15 is 0 Å². The number of sulfonamides is 1. The largest absolute Gasteiger partial charge is 0.467 e. The Balaban J connectivity index is 1.62. The van der Waals surface area contributed by atoms with Gasteiger partial charge in [0.15, 0.2) is 5.76 Å². The van der Waals surface area contributed by atoms with Gasteiger partial charge in [-0.3, -0.25) is 4.79 Å². The van der Waals surface area contributed by atoms with Gasteiger partial charge in [0.2, 0.25) is 15.9 Å². The van der Waals surface area contributed by atoms with E-state index in [0.717, 1.165) is 6.42 Å². The van der Waals surface area contributed by atoms with Crippen LogP contribution in [0.5, 0.6) is 0 Å². The molecule has 2 atom stereocenters. The predicted molar refractivity (Wildman–Crippen MR) is 102 cm³/mol. The zero-order valence-electron chi connectivity index (χ0n) is 16.5. The zero-order chi connectivity index (χ0) is 20.3. The van der Waals surface area contributed by atoms with E-state index in [9.17, 15) is 13.2 Å². The molecule has 1 amide bonds. The van der Waals surface area contributed by atoms with E-state index in [2.05, 4.69) is 10.5 Å². The van der Waals surface area contributed by atoms with Crippen LogP contribution >= 0.6 is 0 Å². The Kier molecular flexibility index (Phi) is 6.24. The average molecular weight is 410 g/mol. The first-order chi connectivity index (χ1) is 13.3. The Bertz CT molecular complexity index is 885. The summed E-state index contributed by atoms with van der Waals surface area (Å²) in [5.74, 6) is 1.25. The van der Waals surface area contributed by atoms with Gasteiger partial charge in [0.05, 0.1) is 12.8 Å². The molecule has 3 heterocycles. The standard InChI is InChI=1S/C19H27N3O5S/c1-4-15-12-22(28(24,25)19-13(2)21-27-14(19)3)8-7-16(15)10-18(23)20-11-17-6-5-9-26-17/h5-6,9,15-16H,4,7-8,10-12H2,1-3H3,(H,20,23). The van der Waals surface area contributed by atoms with Crippen molar-refractivity contribution in [1.29, 1.82) is 0 Å². The topological polar surface area (TPSA) is 106 Å². The normalized spacial score (nSPS) is 21.0. The Morgan fingerprint density at radius 1 is 1.36 bits per heavy atom. The number of furan rings is 1. The van der Waals surface area contributed by atoms with Crippen molar-refractivity contribution in [2.45, 2.75) is 51.5 Å². The van der Waals surface area contributed by atoms with Crippen molar-refractivity contribution in [3.05, 3.63) is 35.6 Å². The number of aromatic nitrogens is 1. The van der Waals surface area contributed by atoms with E-state index in [1.165, 1.54) is 4.31 Å². The third-order valence-electron chi connectivity index (χ3n) is 5.43. The maximum absolute atomic E-state index is 13.1. The highest BCUT2D eigenvalue weighted by atomic mass is 32.2. The third-order valence-corrected chi connectivity index (χ3v) is 7.54. The van der Waals surface area contributed by atoms with Gasteiger partial charge in [-0.25, -0.2) is 8.42 Å². The molecule has 1 N–H and O–H groups in total. The van der Waals surface area contributed by atoms with Gasteiger partial charge >= 0.3 is 0 Å². The van der Waals surface area contributed by atoms with Crippen LogP contribution in [0.3, 0.4) is 0 Å². The molecule has 1 aliphatic heterocycles. The number of aryl methyl sites for hydroxylation is 2. The second kappa shape index (κ2) is 8.48. The highest BCUT2D eigenvalue weighted by molar-refractivity contribution is 7.89. The molecular weight excluding hydrogens is 382 g/mol. The van der Waals surface area contributed by atoms with Gasteiger partial charge in [0, 0.05) is 19.5 Å². The molecule has 2 aromatic rings. The Labute approximate surface area is 165 Å². The number of rotatable bonds is 7. The van der Waals surface area contributed by atoms with E-state index in [1.54, 1.807) is 26.2 Å². The number of piperidine rings is 1. The number of carbonyl (C=O) groups excluding carboxylic acids is 1. The Morgan fingerprint density at radius 3 is 2.75 bits per heavy atom. The lowest BCUT2D eigenvalue weighted by Crippen LogP contribution is -2.44. The summed E-state index contributed by atoms with van der Waals surface area (Å²) in [4.78, 5) is 12.5. The summed E-state index contributed by atoms with van der Waals surface area (Å²) in [5, 5.41) is 6.64. The van der Waals surface area contributed by atoms with Crippen molar-refractivity contribution in [1.82, 2.24) is 14.8 Å². The minimum absolute atomic E-state index is 0.0399. The van der Waals surface area contributed by atoms with Gasteiger partial charge in [-0.2, -0.15) is 4.31 Å². The fraction of sp³-hybridized carbons (Fsp3) is 0.579. The van der Waals surface area contributed by atoms with Crippen molar-refractivity contribution >= 4 is 15.9 Å². The predicted octanol–water partition coefficient (Wildman–Crippen LogP) is 2.63. The van der Waals surface area contributed by atoms with Crippen LogP contribution in [0.2, 0.25) is 0 Å². The summed E-state index contributed by atoms with van der Waals surface area (Å²) in [5.41, 5.74) is 0.380. The highest BCUT2D eigenvalue weighted by Gasteiger charge is 2.38. The van der Waals surface area contributed by atoms with Crippen LogP contribution in [0.1, 0.15) is 43.4 Å². The van der Waals surface area contributed by atoms with Crippen molar-refractivity contribution < 1.29 is 22.2 Å². The molecule has 1 saturated heterocycles. The maximum atomic E-state index is 13.1. The number of amides is 1. The molecule has 1 aliphatic rings. The lowest BCUT2D eigenvalue weighted by atomic mass is 9.82. The molecular formula is C19H27N3O5S. The number of hydrogen-bond donors (Lipinski definition) is 1. The maximum Gasteiger partial charge on any atom is 0.248 e. The van der Waals surface area contributed by atoms with Gasteiger partial charge in [0.1, 0.15) is 16.3 Å². The molecule has 0 aliphatic carbocycles. The number of hydrogen-bond acceptors (Lipinski definition) is 6. The van der Waals surface area contributed by atoms with Gasteiger partial charge in [0.25, 0.3) is 0 Å². The zero-order valence-corrected chi connectivity index (χ0v) is 17.3. The van der Waals surface area contributed by atoms with Gasteiger partial charge < -0.3 is 14.3 Å². The molecule has 0 bridgehead atoms. The fourth-order valence-corrected chi connectivity index (χ4v) is 5.68. The average Bonchev–Trinajstić information content (AvgIpc) is 3.30. The van der Waals surface area contributed by atoms with Crippen LogP contribution < -0.4 is 5.32 Å². The molecule has 2 unspecified atom stereocenters. The summed E-state index contributed by atoms with van der Waals surface area (Å²) in [6.07, 6.45) is 3.42. The van der Waals surface area contributed by atoms with Gasteiger partial charge in [-0.1, -0.05) is 18.5 Å². The van der Waals surface area contributed by atoms with E-state index in [0.29, 0.717) is 49.7 Å². The Hall–Kier alpha value is -2.13. The van der Waals surface area contributed by atoms with E-state index < -0.39 is 10.0 Å². The van der Waals surface area contributed by atoms with Crippen LogP contribution in [0, 0.1) is 25.7 Å².